The Kier molecular flexibility index (Phi) is 6.06. The summed E-state index contributed by atoms with van der Waals surface area (Å²) in [6, 6.07) is 14.8. The van der Waals surface area contributed by atoms with E-state index in [0.717, 1.165) is 22.3 Å². The van der Waals surface area contributed by atoms with Gasteiger partial charge >= 0.3 is 0 Å². The number of para-hydroxylation sites is 3. The van der Waals surface area contributed by atoms with Crippen molar-refractivity contribution in [2.45, 2.75) is 26.4 Å². The molecule has 0 aliphatic rings. The number of methoxy groups -OCH3 is 1. The van der Waals surface area contributed by atoms with Gasteiger partial charge in [-0.2, -0.15) is 0 Å². The topological polar surface area (TPSA) is 85.2 Å². The van der Waals surface area contributed by atoms with Crippen LogP contribution in [0.5, 0.6) is 0 Å². The molecule has 1 atom stereocenters. The van der Waals surface area contributed by atoms with Gasteiger partial charge in [0.1, 0.15) is 19.0 Å². The SMILES string of the molecule is COCC(=O)NC(C)c1nc2ccccc2n1CC(=O)Nc1ccccc1C. The Labute approximate surface area is 163 Å². The molecule has 7 nitrogen and oxygen atoms in total. The summed E-state index contributed by atoms with van der Waals surface area (Å²) >= 11 is 0. The second-order valence-electron chi connectivity index (χ2n) is 6.63. The molecule has 146 valence electrons. The average molecular weight is 380 g/mol. The van der Waals surface area contributed by atoms with E-state index in [1.165, 1.54) is 7.11 Å². The van der Waals surface area contributed by atoms with Crippen LogP contribution in [-0.2, 0) is 20.9 Å². The molecule has 3 rings (SSSR count). The van der Waals surface area contributed by atoms with Crippen LogP contribution in [0.2, 0.25) is 0 Å². The first-order valence-corrected chi connectivity index (χ1v) is 9.08. The summed E-state index contributed by atoms with van der Waals surface area (Å²) in [5.74, 6) is 0.220. The molecule has 0 spiro atoms. The third kappa shape index (κ3) is 4.37. The van der Waals surface area contributed by atoms with Crippen LogP contribution in [0.4, 0.5) is 5.69 Å². The van der Waals surface area contributed by atoms with Crippen molar-refractivity contribution in [2.24, 2.45) is 0 Å². The number of benzene rings is 2. The maximum atomic E-state index is 12.7. The fourth-order valence-corrected chi connectivity index (χ4v) is 3.12. The zero-order chi connectivity index (χ0) is 20.1. The highest BCUT2D eigenvalue weighted by molar-refractivity contribution is 5.92. The number of hydrogen-bond donors (Lipinski definition) is 2. The van der Waals surface area contributed by atoms with Gasteiger partial charge in [-0.15, -0.1) is 0 Å². The van der Waals surface area contributed by atoms with E-state index in [4.69, 9.17) is 4.74 Å². The van der Waals surface area contributed by atoms with Gasteiger partial charge in [-0.25, -0.2) is 4.98 Å². The van der Waals surface area contributed by atoms with Crippen molar-refractivity contribution in [3.05, 3.63) is 59.9 Å². The number of fused-ring (bicyclic) bond motifs is 1. The summed E-state index contributed by atoms with van der Waals surface area (Å²) in [7, 11) is 1.47. The van der Waals surface area contributed by atoms with E-state index in [-0.39, 0.29) is 31.0 Å². The molecule has 0 aliphatic carbocycles. The Morgan fingerprint density at radius 1 is 1.11 bits per heavy atom. The molecule has 28 heavy (non-hydrogen) atoms. The monoisotopic (exact) mass is 380 g/mol. The van der Waals surface area contributed by atoms with Crippen LogP contribution >= 0.6 is 0 Å². The number of amides is 2. The lowest BCUT2D eigenvalue weighted by Gasteiger charge is -2.16. The standard InChI is InChI=1S/C21H24N4O3/c1-14-8-4-5-9-16(14)23-19(26)12-25-18-11-7-6-10-17(18)24-21(25)15(2)22-20(27)13-28-3/h4-11,15H,12-13H2,1-3H3,(H,22,27)(H,23,26). The molecule has 2 N–H and O–H groups in total. The summed E-state index contributed by atoms with van der Waals surface area (Å²) < 4.78 is 6.70. The molecule has 7 heteroatoms. The third-order valence-electron chi connectivity index (χ3n) is 4.45. The molecule has 0 radical (unpaired) electrons. The highest BCUT2D eigenvalue weighted by Gasteiger charge is 2.20. The molecule has 1 aromatic heterocycles. The van der Waals surface area contributed by atoms with Crippen molar-refractivity contribution in [1.29, 1.82) is 0 Å². The largest absolute Gasteiger partial charge is 0.375 e. The fraction of sp³-hybridized carbons (Fsp3) is 0.286. The third-order valence-corrected chi connectivity index (χ3v) is 4.45. The van der Waals surface area contributed by atoms with Gasteiger partial charge in [0, 0.05) is 12.8 Å². The van der Waals surface area contributed by atoms with E-state index >= 15 is 0 Å². The molecule has 0 bridgehead atoms. The zero-order valence-corrected chi connectivity index (χ0v) is 16.2. The van der Waals surface area contributed by atoms with Crippen LogP contribution in [0.15, 0.2) is 48.5 Å². The van der Waals surface area contributed by atoms with Crippen LogP contribution in [0, 0.1) is 6.92 Å². The molecule has 2 aromatic carbocycles. The Bertz CT molecular complexity index is 996. The highest BCUT2D eigenvalue weighted by atomic mass is 16.5. The lowest BCUT2D eigenvalue weighted by Crippen LogP contribution is -2.32. The first-order valence-electron chi connectivity index (χ1n) is 9.08. The van der Waals surface area contributed by atoms with Gasteiger partial charge in [0.15, 0.2) is 0 Å². The van der Waals surface area contributed by atoms with Crippen LogP contribution in [0.1, 0.15) is 24.4 Å². The van der Waals surface area contributed by atoms with E-state index in [1.54, 1.807) is 0 Å². The molecular formula is C21H24N4O3. The number of aromatic nitrogens is 2. The number of hydrogen-bond acceptors (Lipinski definition) is 4. The van der Waals surface area contributed by atoms with E-state index < -0.39 is 0 Å². The Hall–Kier alpha value is -3.19. The number of carbonyl (C=O) groups excluding carboxylic acids is 2. The van der Waals surface area contributed by atoms with Crippen molar-refractivity contribution in [1.82, 2.24) is 14.9 Å². The number of nitrogens with zero attached hydrogens (tertiary/aromatic N) is 2. The molecule has 2 amide bonds. The minimum absolute atomic E-state index is 0.0294. The van der Waals surface area contributed by atoms with E-state index in [9.17, 15) is 9.59 Å². The summed E-state index contributed by atoms with van der Waals surface area (Å²) in [5.41, 5.74) is 3.38. The van der Waals surface area contributed by atoms with E-state index in [2.05, 4.69) is 15.6 Å². The summed E-state index contributed by atoms with van der Waals surface area (Å²) in [6.45, 7) is 3.85. The van der Waals surface area contributed by atoms with E-state index in [0.29, 0.717) is 5.82 Å². The smallest absolute Gasteiger partial charge is 0.246 e. The maximum absolute atomic E-state index is 12.7. The molecule has 0 fully saturated rings. The molecule has 1 unspecified atom stereocenters. The minimum Gasteiger partial charge on any atom is -0.375 e. The molecule has 0 saturated heterocycles. The summed E-state index contributed by atoms with van der Waals surface area (Å²) in [6.07, 6.45) is 0. The lowest BCUT2D eigenvalue weighted by molar-refractivity contribution is -0.125. The number of rotatable bonds is 7. The van der Waals surface area contributed by atoms with Crippen LogP contribution < -0.4 is 10.6 Å². The van der Waals surface area contributed by atoms with Crippen molar-refractivity contribution in [3.63, 3.8) is 0 Å². The number of anilines is 1. The number of nitrogens with one attached hydrogen (secondary N) is 2. The summed E-state index contributed by atoms with van der Waals surface area (Å²) in [4.78, 5) is 29.2. The van der Waals surface area contributed by atoms with Gasteiger partial charge in [0.25, 0.3) is 0 Å². The van der Waals surface area contributed by atoms with Crippen molar-refractivity contribution in [3.8, 4) is 0 Å². The van der Waals surface area contributed by atoms with Gasteiger partial charge in [-0.05, 0) is 37.6 Å². The van der Waals surface area contributed by atoms with Gasteiger partial charge < -0.3 is 19.9 Å². The molecule has 0 saturated carbocycles. The number of imidazole rings is 1. The van der Waals surface area contributed by atoms with Crippen LogP contribution in [-0.4, -0.2) is 35.1 Å². The first-order chi connectivity index (χ1) is 13.5. The van der Waals surface area contributed by atoms with Crippen molar-refractivity contribution < 1.29 is 14.3 Å². The van der Waals surface area contributed by atoms with Gasteiger partial charge in [-0.3, -0.25) is 9.59 Å². The van der Waals surface area contributed by atoms with Crippen molar-refractivity contribution in [2.75, 3.05) is 19.0 Å². The van der Waals surface area contributed by atoms with Gasteiger partial charge in [0.05, 0.1) is 17.1 Å². The quantitative estimate of drug-likeness (QED) is 0.660. The number of ether oxygens (including phenoxy) is 1. The van der Waals surface area contributed by atoms with Gasteiger partial charge in [-0.1, -0.05) is 30.3 Å². The van der Waals surface area contributed by atoms with Crippen LogP contribution in [0.25, 0.3) is 11.0 Å². The fourth-order valence-electron chi connectivity index (χ4n) is 3.12. The van der Waals surface area contributed by atoms with Gasteiger partial charge in [0.2, 0.25) is 11.8 Å². The predicted octanol–water partition coefficient (Wildman–Crippen LogP) is 2.81. The number of carbonyl (C=O) groups is 2. The normalized spacial score (nSPS) is 12.0. The van der Waals surface area contributed by atoms with Crippen molar-refractivity contribution >= 4 is 28.5 Å². The average Bonchev–Trinajstić information content (AvgIpc) is 3.02. The maximum Gasteiger partial charge on any atom is 0.246 e. The lowest BCUT2D eigenvalue weighted by atomic mass is 10.2. The number of aryl methyl sites for hydroxylation is 1. The highest BCUT2D eigenvalue weighted by Crippen LogP contribution is 2.21. The second kappa shape index (κ2) is 8.67. The molecule has 0 aliphatic heterocycles. The Balaban J connectivity index is 1.87. The second-order valence-corrected chi connectivity index (χ2v) is 6.63. The Morgan fingerprint density at radius 3 is 2.57 bits per heavy atom. The van der Waals surface area contributed by atoms with E-state index in [1.807, 2.05) is 66.9 Å². The molecule has 3 aromatic rings. The Morgan fingerprint density at radius 2 is 1.82 bits per heavy atom. The van der Waals surface area contributed by atoms with Crippen LogP contribution in [0.3, 0.4) is 0 Å². The minimum atomic E-state index is -0.374. The molecular weight excluding hydrogens is 356 g/mol. The summed E-state index contributed by atoms with van der Waals surface area (Å²) in [5, 5.41) is 5.80. The molecule has 1 heterocycles. The first kappa shape index (κ1) is 19.6. The predicted molar refractivity (Wildman–Crippen MR) is 108 cm³/mol. The zero-order valence-electron chi connectivity index (χ0n) is 16.2.